The summed E-state index contributed by atoms with van der Waals surface area (Å²) in [5.41, 5.74) is 0.472. The summed E-state index contributed by atoms with van der Waals surface area (Å²) in [6.45, 7) is 1.88. The van der Waals surface area contributed by atoms with E-state index in [9.17, 15) is 16.8 Å². The fourth-order valence-electron chi connectivity index (χ4n) is 4.03. The smallest absolute Gasteiger partial charge is 0.269 e. The number of anilines is 2. The third-order valence-corrected chi connectivity index (χ3v) is 8.72. The van der Waals surface area contributed by atoms with Crippen molar-refractivity contribution >= 4 is 42.6 Å². The Morgan fingerprint density at radius 3 is 1.33 bits per heavy atom. The van der Waals surface area contributed by atoms with Crippen LogP contribution in [-0.2, 0) is 20.4 Å². The van der Waals surface area contributed by atoms with Gasteiger partial charge in [0.15, 0.2) is 0 Å². The molecule has 0 aromatic heterocycles. The second-order valence-electron chi connectivity index (χ2n) is 7.88. The monoisotopic (exact) mass is 452 g/mol. The van der Waals surface area contributed by atoms with Gasteiger partial charge in [-0.3, -0.25) is 9.44 Å². The van der Waals surface area contributed by atoms with E-state index in [1.165, 1.54) is 8.61 Å². The largest absolute Gasteiger partial charge is 0.301 e. The summed E-state index contributed by atoms with van der Waals surface area (Å²) in [6.07, 6.45) is 5.34. The Hall–Kier alpha value is -1.88. The highest BCUT2D eigenvalue weighted by atomic mass is 32.2. The standard InChI is InChI=1S/C20H28N4O4S2/c25-29(26,23-11-5-1-6-12-23)21-19-15-17-9-3-4-10-18(17)16-20(19)22-30(27,28)24-13-7-2-8-14-24/h3-4,9-10,15-16,21-22H,1-2,5-8,11-14H2. The number of nitrogens with zero attached hydrogens (tertiary/aromatic N) is 2. The molecular weight excluding hydrogens is 424 g/mol. The maximum atomic E-state index is 12.9. The van der Waals surface area contributed by atoms with Gasteiger partial charge in [-0.25, -0.2) is 0 Å². The van der Waals surface area contributed by atoms with Crippen molar-refractivity contribution in [3.8, 4) is 0 Å². The first-order chi connectivity index (χ1) is 14.4. The first-order valence-corrected chi connectivity index (χ1v) is 13.3. The van der Waals surface area contributed by atoms with Gasteiger partial charge in [-0.1, -0.05) is 37.1 Å². The highest BCUT2D eigenvalue weighted by Gasteiger charge is 2.28. The molecule has 0 amide bonds. The Morgan fingerprint density at radius 1 is 0.600 bits per heavy atom. The Morgan fingerprint density at radius 2 is 0.967 bits per heavy atom. The van der Waals surface area contributed by atoms with Crippen LogP contribution in [0.3, 0.4) is 0 Å². The molecule has 0 spiro atoms. The van der Waals surface area contributed by atoms with Gasteiger partial charge < -0.3 is 0 Å². The molecule has 10 heteroatoms. The Kier molecular flexibility index (Phi) is 6.19. The van der Waals surface area contributed by atoms with Gasteiger partial charge in [0.2, 0.25) is 0 Å². The molecule has 164 valence electrons. The van der Waals surface area contributed by atoms with Crippen molar-refractivity contribution in [1.29, 1.82) is 0 Å². The van der Waals surface area contributed by atoms with E-state index in [4.69, 9.17) is 0 Å². The molecule has 2 aliphatic heterocycles. The molecule has 0 unspecified atom stereocenters. The van der Waals surface area contributed by atoms with E-state index in [1.807, 2.05) is 24.3 Å². The summed E-state index contributed by atoms with van der Waals surface area (Å²) in [5, 5.41) is 1.66. The number of rotatable bonds is 6. The van der Waals surface area contributed by atoms with Crippen molar-refractivity contribution in [2.24, 2.45) is 0 Å². The maximum absolute atomic E-state index is 12.9. The normalized spacial score (nSPS) is 19.6. The Bertz CT molecular complexity index is 1020. The third kappa shape index (κ3) is 4.72. The number of nitrogens with one attached hydrogen (secondary N) is 2. The Balaban J connectivity index is 1.68. The predicted molar refractivity (Wildman–Crippen MR) is 120 cm³/mol. The molecule has 30 heavy (non-hydrogen) atoms. The third-order valence-electron chi connectivity index (χ3n) is 5.67. The molecule has 0 aliphatic carbocycles. The van der Waals surface area contributed by atoms with Crippen LogP contribution in [0.1, 0.15) is 38.5 Å². The summed E-state index contributed by atoms with van der Waals surface area (Å²) in [7, 11) is -7.55. The van der Waals surface area contributed by atoms with Crippen LogP contribution in [0, 0.1) is 0 Å². The number of hydrogen-bond acceptors (Lipinski definition) is 4. The fraction of sp³-hybridized carbons (Fsp3) is 0.500. The van der Waals surface area contributed by atoms with Gasteiger partial charge in [0, 0.05) is 26.2 Å². The van der Waals surface area contributed by atoms with Gasteiger partial charge in [-0.05, 0) is 48.6 Å². The van der Waals surface area contributed by atoms with E-state index >= 15 is 0 Å². The molecule has 0 atom stereocenters. The zero-order valence-electron chi connectivity index (χ0n) is 16.9. The lowest BCUT2D eigenvalue weighted by molar-refractivity contribution is 0.348. The minimum Gasteiger partial charge on any atom is -0.269 e. The molecule has 0 bridgehead atoms. The van der Waals surface area contributed by atoms with E-state index in [1.54, 1.807) is 12.1 Å². The number of benzene rings is 2. The summed E-state index contributed by atoms with van der Waals surface area (Å²) < 4.78 is 59.9. The SMILES string of the molecule is O=S(=O)(Nc1cc2ccccc2cc1NS(=O)(=O)N1CCCCC1)N1CCCCC1. The number of hydrogen-bond donors (Lipinski definition) is 2. The second-order valence-corrected chi connectivity index (χ2v) is 11.2. The maximum Gasteiger partial charge on any atom is 0.301 e. The molecule has 2 heterocycles. The molecule has 2 fully saturated rings. The minimum atomic E-state index is -3.77. The molecule has 0 saturated carbocycles. The molecule has 2 aliphatic rings. The van der Waals surface area contributed by atoms with Crippen molar-refractivity contribution < 1.29 is 16.8 Å². The van der Waals surface area contributed by atoms with Crippen LogP contribution in [0.2, 0.25) is 0 Å². The van der Waals surface area contributed by atoms with Gasteiger partial charge in [-0.2, -0.15) is 25.4 Å². The first kappa shape index (κ1) is 21.4. The Labute approximate surface area is 178 Å². The molecule has 2 aromatic carbocycles. The lowest BCUT2D eigenvalue weighted by atomic mass is 10.1. The number of fused-ring (bicyclic) bond motifs is 1. The predicted octanol–water partition coefficient (Wildman–Crippen LogP) is 3.13. The average Bonchev–Trinajstić information content (AvgIpc) is 2.75. The lowest BCUT2D eigenvalue weighted by Crippen LogP contribution is -2.40. The molecule has 2 saturated heterocycles. The van der Waals surface area contributed by atoms with Crippen molar-refractivity contribution in [3.05, 3.63) is 36.4 Å². The van der Waals surface area contributed by atoms with Crippen LogP contribution >= 0.6 is 0 Å². The summed E-state index contributed by atoms with van der Waals surface area (Å²) in [6, 6.07) is 10.8. The highest BCUT2D eigenvalue weighted by Crippen LogP contribution is 2.31. The van der Waals surface area contributed by atoms with Crippen LogP contribution in [-0.4, -0.2) is 51.6 Å². The topological polar surface area (TPSA) is 98.8 Å². The van der Waals surface area contributed by atoms with Gasteiger partial charge in [0.05, 0.1) is 11.4 Å². The van der Waals surface area contributed by atoms with Gasteiger partial charge in [0.1, 0.15) is 0 Å². The van der Waals surface area contributed by atoms with Crippen molar-refractivity contribution in [3.63, 3.8) is 0 Å². The van der Waals surface area contributed by atoms with Crippen LogP contribution in [0.25, 0.3) is 10.8 Å². The number of piperidine rings is 2. The second kappa shape index (κ2) is 8.70. The first-order valence-electron chi connectivity index (χ1n) is 10.4. The van der Waals surface area contributed by atoms with E-state index < -0.39 is 20.4 Å². The molecule has 8 nitrogen and oxygen atoms in total. The van der Waals surface area contributed by atoms with Gasteiger partial charge >= 0.3 is 20.4 Å². The quantitative estimate of drug-likeness (QED) is 0.703. The van der Waals surface area contributed by atoms with Crippen LogP contribution in [0.15, 0.2) is 36.4 Å². The molecular formula is C20H28N4O4S2. The minimum absolute atomic E-state index is 0.236. The van der Waals surface area contributed by atoms with Crippen LogP contribution in [0.4, 0.5) is 11.4 Å². The van der Waals surface area contributed by atoms with E-state index in [2.05, 4.69) is 9.44 Å². The van der Waals surface area contributed by atoms with Crippen molar-refractivity contribution in [2.45, 2.75) is 38.5 Å². The average molecular weight is 453 g/mol. The molecule has 2 N–H and O–H groups in total. The van der Waals surface area contributed by atoms with Crippen molar-refractivity contribution in [2.75, 3.05) is 35.6 Å². The van der Waals surface area contributed by atoms with E-state index in [0.717, 1.165) is 49.3 Å². The van der Waals surface area contributed by atoms with Crippen LogP contribution in [0.5, 0.6) is 0 Å². The highest BCUT2D eigenvalue weighted by molar-refractivity contribution is 7.91. The van der Waals surface area contributed by atoms with Gasteiger partial charge in [0.25, 0.3) is 0 Å². The summed E-state index contributed by atoms with van der Waals surface area (Å²) in [4.78, 5) is 0. The molecule has 0 radical (unpaired) electrons. The van der Waals surface area contributed by atoms with E-state index in [-0.39, 0.29) is 11.4 Å². The summed E-state index contributed by atoms with van der Waals surface area (Å²) in [5.74, 6) is 0. The zero-order chi connectivity index (χ0) is 21.2. The van der Waals surface area contributed by atoms with E-state index in [0.29, 0.717) is 26.2 Å². The fourth-order valence-corrected chi connectivity index (χ4v) is 6.66. The molecule has 4 rings (SSSR count). The molecule has 2 aromatic rings. The summed E-state index contributed by atoms with van der Waals surface area (Å²) >= 11 is 0. The van der Waals surface area contributed by atoms with Crippen LogP contribution < -0.4 is 9.44 Å². The lowest BCUT2D eigenvalue weighted by Gasteiger charge is -2.28. The zero-order valence-corrected chi connectivity index (χ0v) is 18.5. The van der Waals surface area contributed by atoms with Crippen molar-refractivity contribution in [1.82, 2.24) is 8.61 Å². The van der Waals surface area contributed by atoms with Gasteiger partial charge in [-0.15, -0.1) is 0 Å².